The molecule has 1 aromatic carbocycles. The largest absolute Gasteiger partial charge is 0.466 e. The van der Waals surface area contributed by atoms with Gasteiger partial charge in [-0.1, -0.05) is 12.1 Å². The third-order valence-corrected chi connectivity index (χ3v) is 4.90. The second-order valence-corrected chi connectivity index (χ2v) is 7.01. The maximum absolute atomic E-state index is 14.1. The lowest BCUT2D eigenvalue weighted by atomic mass is 10.1. The lowest BCUT2D eigenvalue weighted by molar-refractivity contribution is -0.157. The molecule has 3 rings (SSSR count). The first-order chi connectivity index (χ1) is 13.3. The van der Waals surface area contributed by atoms with E-state index in [1.54, 1.807) is 31.2 Å². The number of likely N-dealkylation sites (tertiary alicyclic amines) is 1. The van der Waals surface area contributed by atoms with E-state index in [4.69, 9.17) is 4.74 Å². The third kappa shape index (κ3) is 4.46. The van der Waals surface area contributed by atoms with Gasteiger partial charge in [-0.25, -0.2) is 8.78 Å². The van der Waals surface area contributed by atoms with Gasteiger partial charge in [0.15, 0.2) is 0 Å². The summed E-state index contributed by atoms with van der Waals surface area (Å²) in [7, 11) is 0. The summed E-state index contributed by atoms with van der Waals surface area (Å²) in [4.78, 5) is 38.7. The number of carbonyl (C=O) groups excluding carboxylic acids is 3. The van der Waals surface area contributed by atoms with Crippen molar-refractivity contribution < 1.29 is 27.9 Å². The van der Waals surface area contributed by atoms with Gasteiger partial charge >= 0.3 is 5.97 Å². The number of hydrogen-bond acceptors (Lipinski definition) is 5. The molecule has 0 bridgehead atoms. The molecule has 0 aliphatic carbocycles. The van der Waals surface area contributed by atoms with Crippen molar-refractivity contribution in [3.8, 4) is 0 Å². The Morgan fingerprint density at radius 3 is 2.64 bits per heavy atom. The van der Waals surface area contributed by atoms with Crippen LogP contribution in [0.15, 0.2) is 24.3 Å². The normalized spacial score (nSPS) is 22.0. The van der Waals surface area contributed by atoms with Gasteiger partial charge in [0.1, 0.15) is 5.92 Å². The van der Waals surface area contributed by atoms with Crippen molar-refractivity contribution in [3.05, 3.63) is 35.4 Å². The standard InChI is InChI=1S/C19H23F2N3O4/c1-2-28-18(27)15-10-24(12-19(15,20)21)17(26)14-5-3-13(4-6-14)9-23-8-7-22-16(25)11-23/h3-6,15H,2,7-12H2,1H3,(H,22,25). The zero-order valence-electron chi connectivity index (χ0n) is 15.6. The van der Waals surface area contributed by atoms with Crippen LogP contribution in [0, 0.1) is 5.92 Å². The highest BCUT2D eigenvalue weighted by Gasteiger charge is 2.54. The number of amides is 2. The maximum Gasteiger partial charge on any atom is 0.316 e. The predicted octanol–water partition coefficient (Wildman–Crippen LogP) is 0.889. The van der Waals surface area contributed by atoms with Gasteiger partial charge in [0.05, 0.1) is 19.7 Å². The Kier molecular flexibility index (Phi) is 5.93. The van der Waals surface area contributed by atoms with E-state index < -0.39 is 30.3 Å². The van der Waals surface area contributed by atoms with Crippen molar-refractivity contribution in [2.24, 2.45) is 5.92 Å². The fourth-order valence-corrected chi connectivity index (χ4v) is 3.45. The number of esters is 1. The summed E-state index contributed by atoms with van der Waals surface area (Å²) in [5.41, 5.74) is 1.20. The SMILES string of the molecule is CCOC(=O)C1CN(C(=O)c2ccc(CN3CCNC(=O)C3)cc2)CC1(F)F. The highest BCUT2D eigenvalue weighted by atomic mass is 19.3. The lowest BCUT2D eigenvalue weighted by Crippen LogP contribution is -2.47. The van der Waals surface area contributed by atoms with Crippen molar-refractivity contribution in [1.82, 2.24) is 15.1 Å². The Morgan fingerprint density at radius 2 is 2.00 bits per heavy atom. The van der Waals surface area contributed by atoms with Gasteiger partial charge in [-0.15, -0.1) is 0 Å². The quantitative estimate of drug-likeness (QED) is 0.750. The van der Waals surface area contributed by atoms with E-state index in [2.05, 4.69) is 5.32 Å². The smallest absolute Gasteiger partial charge is 0.316 e. The number of alkyl halides is 2. The van der Waals surface area contributed by atoms with Gasteiger partial charge in [-0.2, -0.15) is 0 Å². The summed E-state index contributed by atoms with van der Waals surface area (Å²) < 4.78 is 33.0. The van der Waals surface area contributed by atoms with Gasteiger partial charge in [0.25, 0.3) is 11.8 Å². The summed E-state index contributed by atoms with van der Waals surface area (Å²) in [6.07, 6.45) is 0. The van der Waals surface area contributed by atoms with Crippen molar-refractivity contribution in [2.45, 2.75) is 19.4 Å². The molecule has 0 spiro atoms. The summed E-state index contributed by atoms with van der Waals surface area (Å²) in [5.74, 6) is -6.50. The van der Waals surface area contributed by atoms with Crippen LogP contribution in [0.5, 0.6) is 0 Å². The van der Waals surface area contributed by atoms with E-state index in [0.717, 1.165) is 17.0 Å². The van der Waals surface area contributed by atoms with Gasteiger partial charge < -0.3 is 15.0 Å². The molecule has 2 heterocycles. The number of carbonyl (C=O) groups is 3. The molecule has 28 heavy (non-hydrogen) atoms. The van der Waals surface area contributed by atoms with Crippen LogP contribution < -0.4 is 5.32 Å². The first-order valence-corrected chi connectivity index (χ1v) is 9.22. The topological polar surface area (TPSA) is 79.0 Å². The first-order valence-electron chi connectivity index (χ1n) is 9.22. The Balaban J connectivity index is 1.63. The van der Waals surface area contributed by atoms with Crippen LogP contribution in [0.3, 0.4) is 0 Å². The molecule has 152 valence electrons. The van der Waals surface area contributed by atoms with Crippen LogP contribution >= 0.6 is 0 Å². The van der Waals surface area contributed by atoms with Crippen molar-refractivity contribution in [3.63, 3.8) is 0 Å². The summed E-state index contributed by atoms with van der Waals surface area (Å²) in [6, 6.07) is 6.66. The molecule has 2 amide bonds. The molecule has 1 aromatic rings. The molecule has 1 N–H and O–H groups in total. The molecule has 2 aliphatic rings. The fourth-order valence-electron chi connectivity index (χ4n) is 3.45. The van der Waals surface area contributed by atoms with Gasteiger partial charge in [0, 0.05) is 31.7 Å². The Hall–Kier alpha value is -2.55. The number of nitrogens with zero attached hydrogens (tertiary/aromatic N) is 2. The van der Waals surface area contributed by atoms with Crippen molar-refractivity contribution in [2.75, 3.05) is 39.3 Å². The molecular weight excluding hydrogens is 372 g/mol. The minimum atomic E-state index is -3.31. The molecule has 1 unspecified atom stereocenters. The van der Waals surface area contributed by atoms with E-state index in [0.29, 0.717) is 19.6 Å². The van der Waals surface area contributed by atoms with E-state index in [-0.39, 0.29) is 24.6 Å². The number of piperazine rings is 1. The average molecular weight is 395 g/mol. The summed E-state index contributed by atoms with van der Waals surface area (Å²) >= 11 is 0. The number of rotatable bonds is 5. The number of halogens is 2. The maximum atomic E-state index is 14.1. The van der Waals surface area contributed by atoms with E-state index >= 15 is 0 Å². The number of ether oxygens (including phenoxy) is 1. The average Bonchev–Trinajstić information content (AvgIpc) is 2.97. The highest BCUT2D eigenvalue weighted by molar-refractivity contribution is 5.95. The molecule has 0 saturated carbocycles. The second kappa shape index (κ2) is 8.22. The van der Waals surface area contributed by atoms with Gasteiger partial charge in [-0.3, -0.25) is 19.3 Å². The van der Waals surface area contributed by atoms with Crippen LogP contribution in [-0.2, 0) is 20.9 Å². The van der Waals surface area contributed by atoms with Crippen molar-refractivity contribution in [1.29, 1.82) is 0 Å². The molecule has 7 nitrogen and oxygen atoms in total. The molecule has 2 aliphatic heterocycles. The minimum Gasteiger partial charge on any atom is -0.466 e. The predicted molar refractivity (Wildman–Crippen MR) is 95.7 cm³/mol. The zero-order chi connectivity index (χ0) is 20.3. The zero-order valence-corrected chi connectivity index (χ0v) is 15.6. The number of nitrogens with one attached hydrogen (secondary N) is 1. The van der Waals surface area contributed by atoms with Crippen LogP contribution in [0.1, 0.15) is 22.8 Å². The van der Waals surface area contributed by atoms with Crippen molar-refractivity contribution >= 4 is 17.8 Å². The Bertz CT molecular complexity index is 754. The first kappa shape index (κ1) is 20.2. The van der Waals surface area contributed by atoms with Crippen LogP contribution in [0.25, 0.3) is 0 Å². The Morgan fingerprint density at radius 1 is 1.29 bits per heavy atom. The lowest BCUT2D eigenvalue weighted by Gasteiger charge is -2.26. The van der Waals surface area contributed by atoms with Crippen LogP contribution in [0.2, 0.25) is 0 Å². The molecule has 2 fully saturated rings. The van der Waals surface area contributed by atoms with Crippen LogP contribution in [0.4, 0.5) is 8.78 Å². The fraction of sp³-hybridized carbons (Fsp3) is 0.526. The van der Waals surface area contributed by atoms with E-state index in [9.17, 15) is 23.2 Å². The van der Waals surface area contributed by atoms with E-state index in [1.165, 1.54) is 0 Å². The van der Waals surface area contributed by atoms with Crippen LogP contribution in [-0.4, -0.2) is 72.8 Å². The van der Waals surface area contributed by atoms with Gasteiger partial charge in [0.2, 0.25) is 5.91 Å². The molecule has 9 heteroatoms. The minimum absolute atomic E-state index is 0.0134. The molecule has 0 radical (unpaired) electrons. The molecule has 2 saturated heterocycles. The molecule has 0 aromatic heterocycles. The third-order valence-electron chi connectivity index (χ3n) is 4.90. The molecule has 1 atom stereocenters. The Labute approximate surface area is 161 Å². The highest BCUT2D eigenvalue weighted by Crippen LogP contribution is 2.34. The number of hydrogen-bond donors (Lipinski definition) is 1. The monoisotopic (exact) mass is 395 g/mol. The summed E-state index contributed by atoms with van der Waals surface area (Å²) in [6.45, 7) is 2.61. The molecular formula is C19H23F2N3O4. The summed E-state index contributed by atoms with van der Waals surface area (Å²) in [5, 5.41) is 2.75. The number of benzene rings is 1. The second-order valence-electron chi connectivity index (χ2n) is 7.01. The van der Waals surface area contributed by atoms with Gasteiger partial charge in [-0.05, 0) is 24.6 Å². The van der Waals surface area contributed by atoms with E-state index in [1.807, 2.05) is 4.90 Å².